The monoisotopic (exact) mass is 412 g/mol. The van der Waals surface area contributed by atoms with Crippen LogP contribution in [0.4, 0.5) is 4.39 Å². The van der Waals surface area contributed by atoms with E-state index in [0.29, 0.717) is 36.1 Å². The zero-order valence-corrected chi connectivity index (χ0v) is 17.5. The Balaban J connectivity index is 1.30. The average Bonchev–Trinajstić information content (AvgIpc) is 3.13. The van der Waals surface area contributed by atoms with Crippen molar-refractivity contribution < 1.29 is 13.9 Å². The maximum Gasteiger partial charge on any atom is 0.274 e. The molecule has 6 heteroatoms. The number of benzene rings is 2. The molecule has 0 bridgehead atoms. The van der Waals surface area contributed by atoms with Crippen LogP contribution in [0, 0.1) is 5.82 Å². The molecule has 0 spiro atoms. The van der Waals surface area contributed by atoms with Gasteiger partial charge in [-0.05, 0) is 29.2 Å². The Kier molecular flexibility index (Phi) is 5.81. The first-order chi connectivity index (χ1) is 14.0. The van der Waals surface area contributed by atoms with Gasteiger partial charge in [-0.2, -0.15) is 4.98 Å². The molecule has 29 heavy (non-hydrogen) atoms. The number of aromatic nitrogens is 1. The zero-order valence-electron chi connectivity index (χ0n) is 16.7. The van der Waals surface area contributed by atoms with E-state index < -0.39 is 0 Å². The van der Waals surface area contributed by atoms with Crippen LogP contribution in [0.1, 0.15) is 43.7 Å². The first kappa shape index (κ1) is 19.8. The predicted molar refractivity (Wildman–Crippen MR) is 114 cm³/mol. The van der Waals surface area contributed by atoms with E-state index in [1.165, 1.54) is 23.0 Å². The van der Waals surface area contributed by atoms with Gasteiger partial charge in [0, 0.05) is 25.9 Å². The van der Waals surface area contributed by atoms with E-state index in [-0.39, 0.29) is 17.8 Å². The minimum Gasteiger partial charge on any atom is -0.467 e. The van der Waals surface area contributed by atoms with Crippen molar-refractivity contribution in [3.63, 3.8) is 0 Å². The number of ether oxygens (including phenoxy) is 1. The van der Waals surface area contributed by atoms with Crippen molar-refractivity contribution in [3.05, 3.63) is 59.4 Å². The van der Waals surface area contributed by atoms with Crippen LogP contribution in [0.2, 0.25) is 0 Å². The van der Waals surface area contributed by atoms with Crippen molar-refractivity contribution in [2.45, 2.75) is 45.1 Å². The Morgan fingerprint density at radius 2 is 1.93 bits per heavy atom. The molecule has 152 valence electrons. The quantitative estimate of drug-likeness (QED) is 0.580. The zero-order chi connectivity index (χ0) is 20.4. The van der Waals surface area contributed by atoms with Crippen LogP contribution < -0.4 is 4.74 Å². The summed E-state index contributed by atoms with van der Waals surface area (Å²) >= 11 is 1.36. The highest BCUT2D eigenvalue weighted by atomic mass is 32.1. The summed E-state index contributed by atoms with van der Waals surface area (Å²) in [7, 11) is 0. The summed E-state index contributed by atoms with van der Waals surface area (Å²) in [6.45, 7) is 5.67. The first-order valence-electron chi connectivity index (χ1n) is 10.1. The summed E-state index contributed by atoms with van der Waals surface area (Å²) in [6, 6.07) is 13.2. The van der Waals surface area contributed by atoms with Gasteiger partial charge in [0.25, 0.3) is 5.19 Å². The van der Waals surface area contributed by atoms with Gasteiger partial charge < -0.3 is 9.64 Å². The number of thiazole rings is 1. The minimum absolute atomic E-state index is 0.00741. The number of hydrogen-bond acceptors (Lipinski definition) is 4. The molecular weight excluding hydrogens is 387 g/mol. The number of piperidine rings is 1. The van der Waals surface area contributed by atoms with Gasteiger partial charge in [-0.3, -0.25) is 4.79 Å². The van der Waals surface area contributed by atoms with E-state index >= 15 is 0 Å². The number of hydrogen-bond donors (Lipinski definition) is 0. The molecule has 1 aliphatic heterocycles. The summed E-state index contributed by atoms with van der Waals surface area (Å²) in [6.07, 6.45) is 1.96. The number of amides is 1. The SMILES string of the molecule is CC(C)c1ccc(CC(=O)N2CCC(Oc3nc4c(F)cccc4s3)CC2)cc1. The summed E-state index contributed by atoms with van der Waals surface area (Å²) < 4.78 is 20.6. The van der Waals surface area contributed by atoms with Crippen molar-refractivity contribution in [1.82, 2.24) is 9.88 Å². The van der Waals surface area contributed by atoms with Crippen LogP contribution in [-0.2, 0) is 11.2 Å². The second-order valence-electron chi connectivity index (χ2n) is 7.84. The molecule has 1 aromatic heterocycles. The van der Waals surface area contributed by atoms with Gasteiger partial charge in [-0.1, -0.05) is 55.5 Å². The molecular formula is C23H25FN2O2S. The second kappa shape index (κ2) is 8.49. The third-order valence-electron chi connectivity index (χ3n) is 5.41. The van der Waals surface area contributed by atoms with Crippen LogP contribution in [0.3, 0.4) is 0 Å². The molecule has 4 nitrogen and oxygen atoms in total. The molecule has 1 saturated heterocycles. The van der Waals surface area contributed by atoms with E-state index in [9.17, 15) is 9.18 Å². The van der Waals surface area contributed by atoms with E-state index in [2.05, 4.69) is 43.1 Å². The van der Waals surface area contributed by atoms with E-state index in [1.807, 2.05) is 11.0 Å². The lowest BCUT2D eigenvalue weighted by Crippen LogP contribution is -2.42. The fourth-order valence-corrected chi connectivity index (χ4v) is 4.51. The third kappa shape index (κ3) is 4.58. The van der Waals surface area contributed by atoms with Crippen LogP contribution in [0.15, 0.2) is 42.5 Å². The van der Waals surface area contributed by atoms with Gasteiger partial charge in [-0.25, -0.2) is 4.39 Å². The molecule has 0 N–H and O–H groups in total. The lowest BCUT2D eigenvalue weighted by atomic mass is 10.0. The van der Waals surface area contributed by atoms with Crippen LogP contribution >= 0.6 is 11.3 Å². The number of para-hydroxylation sites is 1. The molecule has 1 fully saturated rings. The second-order valence-corrected chi connectivity index (χ2v) is 8.83. The van der Waals surface area contributed by atoms with Gasteiger partial charge in [0.2, 0.25) is 5.91 Å². The molecule has 2 heterocycles. The molecule has 1 amide bonds. The molecule has 3 aromatic rings. The fourth-order valence-electron chi connectivity index (χ4n) is 3.62. The summed E-state index contributed by atoms with van der Waals surface area (Å²) in [5.74, 6) is 0.323. The number of carbonyl (C=O) groups excluding carboxylic acids is 1. The minimum atomic E-state index is -0.324. The van der Waals surface area contributed by atoms with Gasteiger partial charge in [0.15, 0.2) is 0 Å². The molecule has 1 aliphatic rings. The highest BCUT2D eigenvalue weighted by molar-refractivity contribution is 7.20. The van der Waals surface area contributed by atoms with Crippen LogP contribution in [-0.4, -0.2) is 35.0 Å². The summed E-state index contributed by atoms with van der Waals surface area (Å²) in [4.78, 5) is 18.8. The smallest absolute Gasteiger partial charge is 0.274 e. The van der Waals surface area contributed by atoms with Crippen molar-refractivity contribution in [2.75, 3.05) is 13.1 Å². The topological polar surface area (TPSA) is 42.4 Å². The van der Waals surface area contributed by atoms with Gasteiger partial charge in [0.1, 0.15) is 17.4 Å². The van der Waals surface area contributed by atoms with E-state index in [1.54, 1.807) is 6.07 Å². The number of carbonyl (C=O) groups is 1. The van der Waals surface area contributed by atoms with Crippen molar-refractivity contribution in [1.29, 1.82) is 0 Å². The van der Waals surface area contributed by atoms with E-state index in [4.69, 9.17) is 4.74 Å². The Hall–Kier alpha value is -2.47. The standard InChI is InChI=1S/C23H25FN2O2S/c1-15(2)17-8-6-16(7-9-17)14-21(27)26-12-10-18(11-13-26)28-23-25-22-19(24)4-3-5-20(22)29-23/h3-9,15,18H,10-14H2,1-2H3. The average molecular weight is 413 g/mol. The predicted octanol–water partition coefficient (Wildman–Crippen LogP) is 5.17. The highest BCUT2D eigenvalue weighted by Gasteiger charge is 2.25. The van der Waals surface area contributed by atoms with Crippen molar-refractivity contribution >= 4 is 27.5 Å². The highest BCUT2D eigenvalue weighted by Crippen LogP contribution is 2.31. The molecule has 0 aliphatic carbocycles. The van der Waals surface area contributed by atoms with Crippen LogP contribution in [0.5, 0.6) is 5.19 Å². The lowest BCUT2D eigenvalue weighted by molar-refractivity contribution is -0.132. The fraction of sp³-hybridized carbons (Fsp3) is 0.391. The maximum absolute atomic E-state index is 13.8. The largest absolute Gasteiger partial charge is 0.467 e. The molecule has 0 radical (unpaired) electrons. The Morgan fingerprint density at radius 1 is 1.21 bits per heavy atom. The lowest BCUT2D eigenvalue weighted by Gasteiger charge is -2.31. The molecule has 2 aromatic carbocycles. The Morgan fingerprint density at radius 3 is 2.59 bits per heavy atom. The number of fused-ring (bicyclic) bond motifs is 1. The van der Waals surface area contributed by atoms with Crippen molar-refractivity contribution in [2.24, 2.45) is 0 Å². The number of halogens is 1. The number of nitrogens with zero attached hydrogens (tertiary/aromatic N) is 2. The Labute approximate surface area is 174 Å². The maximum atomic E-state index is 13.8. The Bertz CT molecular complexity index is 992. The third-order valence-corrected chi connectivity index (χ3v) is 6.33. The number of rotatable bonds is 5. The summed E-state index contributed by atoms with van der Waals surface area (Å²) in [5.41, 5.74) is 2.70. The molecule has 4 rings (SSSR count). The summed E-state index contributed by atoms with van der Waals surface area (Å²) in [5, 5.41) is 0.500. The van der Waals surface area contributed by atoms with Crippen molar-refractivity contribution in [3.8, 4) is 5.19 Å². The van der Waals surface area contributed by atoms with E-state index in [0.717, 1.165) is 23.1 Å². The van der Waals surface area contributed by atoms with Crippen LogP contribution in [0.25, 0.3) is 10.2 Å². The molecule has 0 saturated carbocycles. The number of likely N-dealkylation sites (tertiary alicyclic amines) is 1. The van der Waals surface area contributed by atoms with Gasteiger partial charge in [0.05, 0.1) is 11.1 Å². The van der Waals surface area contributed by atoms with Gasteiger partial charge in [-0.15, -0.1) is 0 Å². The first-order valence-corrected chi connectivity index (χ1v) is 10.9. The normalized spacial score (nSPS) is 15.2. The molecule has 0 unspecified atom stereocenters. The molecule has 0 atom stereocenters. The van der Waals surface area contributed by atoms with Gasteiger partial charge >= 0.3 is 0 Å².